The molecule has 2 fully saturated rings. The molecule has 2 aliphatic heterocycles. The van der Waals surface area contributed by atoms with Crippen LogP contribution < -0.4 is 4.90 Å². The number of esters is 1. The fourth-order valence-electron chi connectivity index (χ4n) is 5.27. The van der Waals surface area contributed by atoms with Crippen molar-refractivity contribution >= 4 is 28.8 Å². The summed E-state index contributed by atoms with van der Waals surface area (Å²) in [4.78, 5) is 33.8. The van der Waals surface area contributed by atoms with Crippen molar-refractivity contribution in [1.29, 1.82) is 0 Å². The number of anilines is 1. The van der Waals surface area contributed by atoms with Gasteiger partial charge in [-0.25, -0.2) is 19.3 Å². The molecule has 1 aromatic carbocycles. The Morgan fingerprint density at radius 2 is 1.87 bits per heavy atom. The molecule has 5 rings (SSSR count). The molecule has 0 spiro atoms. The maximum absolute atomic E-state index is 12.9. The van der Waals surface area contributed by atoms with Gasteiger partial charge < -0.3 is 24.0 Å². The van der Waals surface area contributed by atoms with Crippen LogP contribution in [0.3, 0.4) is 0 Å². The van der Waals surface area contributed by atoms with Crippen molar-refractivity contribution in [2.75, 3.05) is 58.0 Å². The van der Waals surface area contributed by atoms with E-state index in [9.17, 15) is 9.59 Å². The molecule has 1 amide bonds. The molecular weight excluding hydrogens is 486 g/mol. The minimum absolute atomic E-state index is 0.0782. The predicted molar refractivity (Wildman–Crippen MR) is 144 cm³/mol. The minimum Gasteiger partial charge on any atom is -0.461 e. The number of benzene rings is 1. The first-order chi connectivity index (χ1) is 18.4. The molecule has 10 heteroatoms. The highest BCUT2D eigenvalue weighted by Crippen LogP contribution is 2.37. The molecule has 2 aliphatic rings. The molecule has 4 heterocycles. The Balaban J connectivity index is 1.63. The summed E-state index contributed by atoms with van der Waals surface area (Å²) in [5.41, 5.74) is 4.79. The number of amides is 1. The molecule has 0 radical (unpaired) electrons. The van der Waals surface area contributed by atoms with Crippen molar-refractivity contribution in [3.63, 3.8) is 0 Å². The van der Waals surface area contributed by atoms with Crippen LogP contribution in [0.2, 0.25) is 0 Å². The maximum Gasteiger partial charge on any atom is 0.409 e. The smallest absolute Gasteiger partial charge is 0.409 e. The molecule has 1 atom stereocenters. The van der Waals surface area contributed by atoms with Gasteiger partial charge in [0.2, 0.25) is 0 Å². The van der Waals surface area contributed by atoms with Crippen molar-refractivity contribution in [1.82, 2.24) is 19.7 Å². The van der Waals surface area contributed by atoms with Crippen LogP contribution in [0.25, 0.3) is 22.2 Å². The van der Waals surface area contributed by atoms with Crippen molar-refractivity contribution in [2.24, 2.45) is 0 Å². The number of ether oxygens (including phenoxy) is 3. The van der Waals surface area contributed by atoms with Crippen molar-refractivity contribution in [2.45, 2.75) is 39.2 Å². The average molecular weight is 522 g/mol. The van der Waals surface area contributed by atoms with Gasteiger partial charge in [-0.05, 0) is 48.6 Å². The SMILES string of the molecule is CCOC(=O)c1cc(-c2ccc(N3CCOCC3)cc2)c2c(C(C)C)nn(C3CCN(C(=O)OC)C3)c2n1. The van der Waals surface area contributed by atoms with Crippen LogP contribution in [0, 0.1) is 0 Å². The van der Waals surface area contributed by atoms with Crippen LogP contribution in [-0.2, 0) is 14.2 Å². The zero-order valence-electron chi connectivity index (χ0n) is 22.5. The number of hydrogen-bond acceptors (Lipinski definition) is 8. The van der Waals surface area contributed by atoms with Gasteiger partial charge in [-0.3, -0.25) is 0 Å². The molecular formula is C28H35N5O5. The highest BCUT2D eigenvalue weighted by atomic mass is 16.5. The van der Waals surface area contributed by atoms with Gasteiger partial charge in [-0.15, -0.1) is 0 Å². The number of morpholine rings is 1. The molecule has 2 aromatic heterocycles. The van der Waals surface area contributed by atoms with E-state index in [4.69, 9.17) is 24.3 Å². The first-order valence-electron chi connectivity index (χ1n) is 13.3. The van der Waals surface area contributed by atoms with E-state index in [2.05, 4.69) is 43.0 Å². The summed E-state index contributed by atoms with van der Waals surface area (Å²) in [6, 6.07) is 10.1. The number of carbonyl (C=O) groups is 2. The van der Waals surface area contributed by atoms with Crippen LogP contribution in [0.15, 0.2) is 30.3 Å². The number of rotatable bonds is 6. The zero-order valence-corrected chi connectivity index (χ0v) is 22.5. The number of fused-ring (bicyclic) bond motifs is 1. The predicted octanol–water partition coefficient (Wildman–Crippen LogP) is 4.25. The molecule has 38 heavy (non-hydrogen) atoms. The molecule has 10 nitrogen and oxygen atoms in total. The van der Waals surface area contributed by atoms with Gasteiger partial charge in [0.15, 0.2) is 11.3 Å². The first-order valence-corrected chi connectivity index (χ1v) is 13.3. The second-order valence-corrected chi connectivity index (χ2v) is 9.96. The number of methoxy groups -OCH3 is 1. The molecule has 0 aliphatic carbocycles. The molecule has 1 unspecified atom stereocenters. The van der Waals surface area contributed by atoms with E-state index >= 15 is 0 Å². The third kappa shape index (κ3) is 4.92. The molecule has 0 N–H and O–H groups in total. The number of pyridine rings is 1. The summed E-state index contributed by atoms with van der Waals surface area (Å²) in [6.07, 6.45) is 0.368. The quantitative estimate of drug-likeness (QED) is 0.444. The topological polar surface area (TPSA) is 99.0 Å². The van der Waals surface area contributed by atoms with E-state index in [-0.39, 0.29) is 30.4 Å². The van der Waals surface area contributed by atoms with Gasteiger partial charge in [0, 0.05) is 31.9 Å². The van der Waals surface area contributed by atoms with Crippen molar-refractivity contribution < 1.29 is 23.8 Å². The maximum atomic E-state index is 12.9. The summed E-state index contributed by atoms with van der Waals surface area (Å²) in [5, 5.41) is 5.94. The van der Waals surface area contributed by atoms with Crippen LogP contribution in [-0.4, -0.2) is 84.8 Å². The lowest BCUT2D eigenvalue weighted by Crippen LogP contribution is -2.36. The Hall–Kier alpha value is -3.66. The van der Waals surface area contributed by atoms with E-state index in [1.54, 1.807) is 11.8 Å². The molecule has 2 saturated heterocycles. The molecule has 3 aromatic rings. The number of nitrogens with zero attached hydrogens (tertiary/aromatic N) is 5. The normalized spacial score (nSPS) is 17.9. The van der Waals surface area contributed by atoms with Gasteiger partial charge in [0.1, 0.15) is 0 Å². The fourth-order valence-corrected chi connectivity index (χ4v) is 5.27. The third-order valence-corrected chi connectivity index (χ3v) is 7.22. The lowest BCUT2D eigenvalue weighted by atomic mass is 9.97. The van der Waals surface area contributed by atoms with Gasteiger partial charge in [-0.1, -0.05) is 26.0 Å². The van der Waals surface area contributed by atoms with Crippen LogP contribution in [0.5, 0.6) is 0 Å². The Kier molecular flexibility index (Phi) is 7.51. The monoisotopic (exact) mass is 521 g/mol. The number of hydrogen-bond donors (Lipinski definition) is 0. The van der Waals surface area contributed by atoms with E-state index in [1.807, 2.05) is 10.7 Å². The summed E-state index contributed by atoms with van der Waals surface area (Å²) in [6.45, 7) is 10.5. The lowest BCUT2D eigenvalue weighted by molar-refractivity contribution is 0.0520. The molecule has 0 bridgehead atoms. The van der Waals surface area contributed by atoms with E-state index in [0.29, 0.717) is 18.7 Å². The van der Waals surface area contributed by atoms with Crippen LogP contribution in [0.1, 0.15) is 55.3 Å². The number of likely N-dealkylation sites (tertiary alicyclic amines) is 1. The lowest BCUT2D eigenvalue weighted by Gasteiger charge is -2.29. The van der Waals surface area contributed by atoms with Crippen LogP contribution in [0.4, 0.5) is 10.5 Å². The third-order valence-electron chi connectivity index (χ3n) is 7.22. The van der Waals surface area contributed by atoms with Gasteiger partial charge in [-0.2, -0.15) is 5.10 Å². The minimum atomic E-state index is -0.470. The highest BCUT2D eigenvalue weighted by Gasteiger charge is 2.32. The molecule has 0 saturated carbocycles. The van der Waals surface area contributed by atoms with Gasteiger partial charge >= 0.3 is 12.1 Å². The average Bonchev–Trinajstić information content (AvgIpc) is 3.58. The summed E-state index contributed by atoms with van der Waals surface area (Å²) in [7, 11) is 1.39. The van der Waals surface area contributed by atoms with E-state index in [0.717, 1.165) is 60.6 Å². The number of aromatic nitrogens is 3. The zero-order chi connectivity index (χ0) is 26.8. The van der Waals surface area contributed by atoms with Gasteiger partial charge in [0.05, 0.1) is 44.1 Å². The highest BCUT2D eigenvalue weighted by molar-refractivity contribution is 6.00. The first kappa shape index (κ1) is 26.0. The second kappa shape index (κ2) is 11.0. The largest absolute Gasteiger partial charge is 0.461 e. The summed E-state index contributed by atoms with van der Waals surface area (Å²) >= 11 is 0. The van der Waals surface area contributed by atoms with Crippen LogP contribution >= 0.6 is 0 Å². The summed E-state index contributed by atoms with van der Waals surface area (Å²) < 4.78 is 17.6. The van der Waals surface area contributed by atoms with Crippen molar-refractivity contribution in [3.8, 4) is 11.1 Å². The van der Waals surface area contributed by atoms with E-state index in [1.165, 1.54) is 7.11 Å². The van der Waals surface area contributed by atoms with Crippen molar-refractivity contribution in [3.05, 3.63) is 41.7 Å². The Labute approximate surface area is 222 Å². The second-order valence-electron chi connectivity index (χ2n) is 9.96. The molecule has 202 valence electrons. The summed E-state index contributed by atoms with van der Waals surface area (Å²) in [5.74, 6) is -0.347. The Morgan fingerprint density at radius 1 is 1.13 bits per heavy atom. The number of carbonyl (C=O) groups excluding carboxylic acids is 2. The van der Waals surface area contributed by atoms with E-state index < -0.39 is 5.97 Å². The Bertz CT molecular complexity index is 1310. The fraction of sp³-hybridized carbons (Fsp3) is 0.500. The Morgan fingerprint density at radius 3 is 2.53 bits per heavy atom. The van der Waals surface area contributed by atoms with Gasteiger partial charge in [0.25, 0.3) is 0 Å². The standard InChI is InChI=1S/C28H35N5O5/c1-5-38-27(34)23-16-22(19-6-8-20(9-7-19)31-12-14-37-15-13-31)24-25(18(2)3)30-33(26(24)29-23)21-10-11-32(17-21)28(35)36-4/h6-9,16,18,21H,5,10-15,17H2,1-4H3.